The average molecular weight is 353 g/mol. The summed E-state index contributed by atoms with van der Waals surface area (Å²) in [5, 5.41) is 0. The van der Waals surface area contributed by atoms with Crippen LogP contribution in [-0.4, -0.2) is 41.6 Å². The molecule has 1 saturated heterocycles. The first-order valence-corrected chi connectivity index (χ1v) is 9.18. The van der Waals surface area contributed by atoms with Gasteiger partial charge in [0.1, 0.15) is 11.6 Å². The summed E-state index contributed by atoms with van der Waals surface area (Å²) in [6.07, 6.45) is 6.47. The SMILES string of the molecule is COc1ccccc1/C=C/CN1CCC[C@H](c2nc(C)c(C)c(=O)[nH]2)C1. The molecular weight excluding hydrogens is 326 g/mol. The average Bonchev–Trinajstić information content (AvgIpc) is 2.66. The minimum atomic E-state index is -0.0132. The first-order valence-electron chi connectivity index (χ1n) is 9.18. The zero-order valence-corrected chi connectivity index (χ0v) is 15.8. The summed E-state index contributed by atoms with van der Waals surface area (Å²) >= 11 is 0. The smallest absolute Gasteiger partial charge is 0.254 e. The van der Waals surface area contributed by atoms with Crippen molar-refractivity contribution in [1.29, 1.82) is 0 Å². The second-order valence-corrected chi connectivity index (χ2v) is 6.90. The van der Waals surface area contributed by atoms with Crippen LogP contribution < -0.4 is 10.3 Å². The molecule has 138 valence electrons. The van der Waals surface area contributed by atoms with Gasteiger partial charge in [0.15, 0.2) is 0 Å². The zero-order valence-electron chi connectivity index (χ0n) is 15.8. The fourth-order valence-corrected chi connectivity index (χ4v) is 3.44. The Morgan fingerprint density at radius 2 is 2.15 bits per heavy atom. The fraction of sp³-hybridized carbons (Fsp3) is 0.429. The summed E-state index contributed by atoms with van der Waals surface area (Å²) in [6.45, 7) is 6.60. The second kappa shape index (κ2) is 8.32. The lowest BCUT2D eigenvalue weighted by atomic mass is 9.97. The molecule has 0 spiro atoms. The van der Waals surface area contributed by atoms with Crippen LogP contribution >= 0.6 is 0 Å². The minimum Gasteiger partial charge on any atom is -0.496 e. The molecule has 0 bridgehead atoms. The van der Waals surface area contributed by atoms with Crippen LogP contribution in [0.3, 0.4) is 0 Å². The van der Waals surface area contributed by atoms with Crippen LogP contribution in [0.5, 0.6) is 5.75 Å². The third kappa shape index (κ3) is 4.22. The van der Waals surface area contributed by atoms with E-state index in [9.17, 15) is 4.79 Å². The molecule has 5 heteroatoms. The highest BCUT2D eigenvalue weighted by atomic mass is 16.5. The minimum absolute atomic E-state index is 0.0132. The van der Waals surface area contributed by atoms with E-state index in [2.05, 4.69) is 33.1 Å². The van der Waals surface area contributed by atoms with Crippen molar-refractivity contribution in [2.75, 3.05) is 26.7 Å². The first-order chi connectivity index (χ1) is 12.6. The highest BCUT2D eigenvalue weighted by Crippen LogP contribution is 2.24. The Labute approximate surface area is 154 Å². The van der Waals surface area contributed by atoms with Crippen molar-refractivity contribution < 1.29 is 4.74 Å². The molecule has 3 rings (SSSR count). The van der Waals surface area contributed by atoms with Gasteiger partial charge in [-0.3, -0.25) is 9.69 Å². The number of nitrogens with one attached hydrogen (secondary N) is 1. The normalized spacial score (nSPS) is 18.3. The Kier molecular flexibility index (Phi) is 5.89. The van der Waals surface area contributed by atoms with Gasteiger partial charge in [0.25, 0.3) is 5.56 Å². The number of rotatable bonds is 5. The first kappa shape index (κ1) is 18.4. The Bertz CT molecular complexity index is 841. The molecule has 1 aliphatic heterocycles. The van der Waals surface area contributed by atoms with Crippen molar-refractivity contribution in [2.45, 2.75) is 32.6 Å². The number of nitrogens with zero attached hydrogens (tertiary/aromatic N) is 2. The van der Waals surface area contributed by atoms with Crippen molar-refractivity contribution in [3.63, 3.8) is 0 Å². The predicted molar refractivity (Wildman–Crippen MR) is 105 cm³/mol. The Morgan fingerprint density at radius 3 is 2.92 bits per heavy atom. The van der Waals surface area contributed by atoms with Crippen LogP contribution in [0.15, 0.2) is 35.1 Å². The molecule has 2 aromatic rings. The van der Waals surface area contributed by atoms with Gasteiger partial charge in [-0.25, -0.2) is 4.98 Å². The standard InChI is InChI=1S/C21H27N3O2/c1-15-16(2)22-20(23-21(15)25)18-10-7-13-24(14-18)12-6-9-17-8-4-5-11-19(17)26-3/h4-6,8-9,11,18H,7,10,12-14H2,1-3H3,(H,22,23,25)/b9-6+/t18-/m0/s1. The van der Waals surface area contributed by atoms with E-state index >= 15 is 0 Å². The molecule has 0 radical (unpaired) electrons. The van der Waals surface area contributed by atoms with Gasteiger partial charge >= 0.3 is 0 Å². The molecule has 1 aliphatic rings. The van der Waals surface area contributed by atoms with Crippen molar-refractivity contribution >= 4 is 6.08 Å². The number of hydrogen-bond donors (Lipinski definition) is 1. The number of aryl methyl sites for hydroxylation is 1. The summed E-state index contributed by atoms with van der Waals surface area (Å²) in [5.41, 5.74) is 2.61. The Morgan fingerprint density at radius 1 is 1.35 bits per heavy atom. The van der Waals surface area contributed by atoms with E-state index in [1.165, 1.54) is 0 Å². The third-order valence-corrected chi connectivity index (χ3v) is 5.11. The van der Waals surface area contributed by atoms with Gasteiger partial charge in [0.05, 0.1) is 7.11 Å². The molecule has 0 unspecified atom stereocenters. The van der Waals surface area contributed by atoms with E-state index in [1.807, 2.05) is 32.0 Å². The zero-order chi connectivity index (χ0) is 18.5. The van der Waals surface area contributed by atoms with Gasteiger partial charge in [0.2, 0.25) is 0 Å². The lowest BCUT2D eigenvalue weighted by Crippen LogP contribution is -2.36. The molecule has 26 heavy (non-hydrogen) atoms. The van der Waals surface area contributed by atoms with Gasteiger partial charge in [0, 0.05) is 35.8 Å². The number of aromatic amines is 1. The van der Waals surface area contributed by atoms with Crippen LogP contribution in [0.25, 0.3) is 6.08 Å². The molecule has 0 saturated carbocycles. The highest BCUT2D eigenvalue weighted by Gasteiger charge is 2.23. The number of H-pyrrole nitrogens is 1. The lowest BCUT2D eigenvalue weighted by Gasteiger charge is -2.31. The van der Waals surface area contributed by atoms with Crippen LogP contribution in [0, 0.1) is 13.8 Å². The van der Waals surface area contributed by atoms with Crippen LogP contribution in [0.2, 0.25) is 0 Å². The van der Waals surface area contributed by atoms with E-state index in [-0.39, 0.29) is 11.5 Å². The van der Waals surface area contributed by atoms with Gasteiger partial charge in [-0.2, -0.15) is 0 Å². The number of ether oxygens (including phenoxy) is 1. The quantitative estimate of drug-likeness (QED) is 0.896. The number of benzene rings is 1. The number of likely N-dealkylation sites (tertiary alicyclic amines) is 1. The van der Waals surface area contributed by atoms with Crippen molar-refractivity contribution in [3.8, 4) is 5.75 Å². The Hall–Kier alpha value is -2.40. The summed E-state index contributed by atoms with van der Waals surface area (Å²) in [5.74, 6) is 2.00. The number of para-hydroxylation sites is 1. The number of hydrogen-bond acceptors (Lipinski definition) is 4. The van der Waals surface area contributed by atoms with Crippen molar-refractivity contribution in [3.05, 3.63) is 63.3 Å². The number of piperidine rings is 1. The number of aromatic nitrogens is 2. The molecule has 5 nitrogen and oxygen atoms in total. The predicted octanol–water partition coefficient (Wildman–Crippen LogP) is 3.29. The second-order valence-electron chi connectivity index (χ2n) is 6.90. The molecular formula is C21H27N3O2. The van der Waals surface area contributed by atoms with Gasteiger partial charge in [-0.1, -0.05) is 30.4 Å². The molecule has 1 N–H and O–H groups in total. The van der Waals surface area contributed by atoms with Gasteiger partial charge in [-0.05, 0) is 39.3 Å². The largest absolute Gasteiger partial charge is 0.496 e. The summed E-state index contributed by atoms with van der Waals surface area (Å²) in [7, 11) is 1.69. The molecule has 1 aromatic carbocycles. The maximum Gasteiger partial charge on any atom is 0.254 e. The maximum atomic E-state index is 12.0. The van der Waals surface area contributed by atoms with Crippen LogP contribution in [0.1, 0.15) is 41.4 Å². The molecule has 0 aliphatic carbocycles. The van der Waals surface area contributed by atoms with E-state index in [1.54, 1.807) is 7.11 Å². The van der Waals surface area contributed by atoms with Crippen LogP contribution in [-0.2, 0) is 0 Å². The number of methoxy groups -OCH3 is 1. The molecule has 1 aromatic heterocycles. The molecule has 1 fully saturated rings. The van der Waals surface area contributed by atoms with E-state index < -0.39 is 0 Å². The molecule has 1 atom stereocenters. The maximum absolute atomic E-state index is 12.0. The van der Waals surface area contributed by atoms with Gasteiger partial charge in [-0.15, -0.1) is 0 Å². The lowest BCUT2D eigenvalue weighted by molar-refractivity contribution is 0.223. The van der Waals surface area contributed by atoms with Gasteiger partial charge < -0.3 is 9.72 Å². The van der Waals surface area contributed by atoms with E-state index in [0.29, 0.717) is 5.56 Å². The summed E-state index contributed by atoms with van der Waals surface area (Å²) in [6, 6.07) is 8.01. The molecule has 0 amide bonds. The van der Waals surface area contributed by atoms with Crippen LogP contribution in [0.4, 0.5) is 0 Å². The topological polar surface area (TPSA) is 58.2 Å². The monoisotopic (exact) mass is 353 g/mol. The summed E-state index contributed by atoms with van der Waals surface area (Å²) in [4.78, 5) is 22.1. The Balaban J connectivity index is 1.65. The highest BCUT2D eigenvalue weighted by molar-refractivity contribution is 5.57. The van der Waals surface area contributed by atoms with Crippen molar-refractivity contribution in [2.24, 2.45) is 0 Å². The third-order valence-electron chi connectivity index (χ3n) is 5.11. The van der Waals surface area contributed by atoms with Crippen molar-refractivity contribution in [1.82, 2.24) is 14.9 Å². The molecule has 2 heterocycles. The van der Waals surface area contributed by atoms with E-state index in [4.69, 9.17) is 4.74 Å². The van der Waals surface area contributed by atoms with E-state index in [0.717, 1.165) is 55.3 Å². The fourth-order valence-electron chi connectivity index (χ4n) is 3.44. The summed E-state index contributed by atoms with van der Waals surface area (Å²) < 4.78 is 5.39.